The summed E-state index contributed by atoms with van der Waals surface area (Å²) in [7, 11) is 1.70. The topological polar surface area (TPSA) is 21.3 Å². The SMILES string of the molecule is COc1ccccc1NC(C)c1c(C)cc(C)cc1C. The molecular weight excluding hydrogens is 246 g/mol. The zero-order chi connectivity index (χ0) is 14.7. The number of methoxy groups -OCH3 is 1. The van der Waals surface area contributed by atoms with Crippen LogP contribution in [0.25, 0.3) is 0 Å². The van der Waals surface area contributed by atoms with Gasteiger partial charge in [0.25, 0.3) is 0 Å². The molecule has 1 unspecified atom stereocenters. The van der Waals surface area contributed by atoms with E-state index < -0.39 is 0 Å². The normalized spacial score (nSPS) is 12.1. The average Bonchev–Trinajstić information content (AvgIpc) is 2.38. The quantitative estimate of drug-likeness (QED) is 0.861. The molecule has 0 heterocycles. The fraction of sp³-hybridized carbons (Fsp3) is 0.333. The molecule has 20 heavy (non-hydrogen) atoms. The van der Waals surface area contributed by atoms with Gasteiger partial charge in [0.15, 0.2) is 0 Å². The number of aryl methyl sites for hydroxylation is 3. The van der Waals surface area contributed by atoms with E-state index in [0.29, 0.717) is 0 Å². The summed E-state index contributed by atoms with van der Waals surface area (Å²) in [5.74, 6) is 0.877. The largest absolute Gasteiger partial charge is 0.495 e. The van der Waals surface area contributed by atoms with Crippen molar-refractivity contribution in [3.8, 4) is 5.75 Å². The highest BCUT2D eigenvalue weighted by atomic mass is 16.5. The first-order valence-electron chi connectivity index (χ1n) is 7.00. The lowest BCUT2D eigenvalue weighted by atomic mass is 9.94. The molecule has 0 aliphatic heterocycles. The third kappa shape index (κ3) is 2.96. The zero-order valence-electron chi connectivity index (χ0n) is 12.9. The van der Waals surface area contributed by atoms with E-state index in [1.807, 2.05) is 24.3 Å². The molecule has 2 aromatic carbocycles. The van der Waals surface area contributed by atoms with Crippen LogP contribution in [-0.2, 0) is 0 Å². The van der Waals surface area contributed by atoms with Crippen LogP contribution < -0.4 is 10.1 Å². The first-order valence-corrected chi connectivity index (χ1v) is 7.00. The van der Waals surface area contributed by atoms with Crippen LogP contribution in [0.5, 0.6) is 5.75 Å². The third-order valence-electron chi connectivity index (χ3n) is 3.65. The van der Waals surface area contributed by atoms with E-state index in [4.69, 9.17) is 4.74 Å². The molecule has 0 aromatic heterocycles. The van der Waals surface area contributed by atoms with Gasteiger partial charge in [-0.2, -0.15) is 0 Å². The maximum atomic E-state index is 5.40. The summed E-state index contributed by atoms with van der Waals surface area (Å²) >= 11 is 0. The molecule has 0 fully saturated rings. The predicted octanol–water partition coefficient (Wildman–Crippen LogP) is 4.79. The lowest BCUT2D eigenvalue weighted by molar-refractivity contribution is 0.416. The lowest BCUT2D eigenvalue weighted by Gasteiger charge is -2.22. The number of hydrogen-bond acceptors (Lipinski definition) is 2. The lowest BCUT2D eigenvalue weighted by Crippen LogP contribution is -2.11. The van der Waals surface area contributed by atoms with Crippen molar-refractivity contribution in [3.05, 3.63) is 58.7 Å². The molecular formula is C18H23NO. The van der Waals surface area contributed by atoms with E-state index in [2.05, 4.69) is 45.1 Å². The Morgan fingerprint density at radius 1 is 1.00 bits per heavy atom. The van der Waals surface area contributed by atoms with E-state index >= 15 is 0 Å². The molecule has 2 aromatic rings. The molecule has 2 rings (SSSR count). The van der Waals surface area contributed by atoms with Crippen molar-refractivity contribution < 1.29 is 4.74 Å². The van der Waals surface area contributed by atoms with E-state index in [9.17, 15) is 0 Å². The van der Waals surface area contributed by atoms with Crippen molar-refractivity contribution in [2.45, 2.75) is 33.7 Å². The average molecular weight is 269 g/mol. The highest BCUT2D eigenvalue weighted by Gasteiger charge is 2.13. The molecule has 0 aliphatic carbocycles. The van der Waals surface area contributed by atoms with Crippen molar-refractivity contribution in [2.24, 2.45) is 0 Å². The molecule has 2 nitrogen and oxygen atoms in total. The Bertz CT molecular complexity index is 581. The van der Waals surface area contributed by atoms with Gasteiger partial charge in [-0.3, -0.25) is 0 Å². The van der Waals surface area contributed by atoms with Crippen LogP contribution in [0.4, 0.5) is 5.69 Å². The Hall–Kier alpha value is -1.96. The minimum Gasteiger partial charge on any atom is -0.495 e. The summed E-state index contributed by atoms with van der Waals surface area (Å²) in [6.07, 6.45) is 0. The summed E-state index contributed by atoms with van der Waals surface area (Å²) in [6, 6.07) is 12.7. The van der Waals surface area contributed by atoms with Gasteiger partial charge in [0.05, 0.1) is 12.8 Å². The van der Waals surface area contributed by atoms with Gasteiger partial charge < -0.3 is 10.1 Å². The summed E-state index contributed by atoms with van der Waals surface area (Å²) < 4.78 is 5.40. The summed E-state index contributed by atoms with van der Waals surface area (Å²) in [5.41, 5.74) is 6.37. The van der Waals surface area contributed by atoms with Gasteiger partial charge >= 0.3 is 0 Å². The van der Waals surface area contributed by atoms with Crippen LogP contribution in [0.1, 0.15) is 35.2 Å². The fourth-order valence-corrected chi connectivity index (χ4v) is 2.94. The van der Waals surface area contributed by atoms with Crippen LogP contribution in [0.3, 0.4) is 0 Å². The second-order valence-electron chi connectivity index (χ2n) is 5.38. The summed E-state index contributed by atoms with van der Waals surface area (Å²) in [4.78, 5) is 0. The maximum absolute atomic E-state index is 5.40. The number of rotatable bonds is 4. The molecule has 0 bridgehead atoms. The van der Waals surface area contributed by atoms with Crippen molar-refractivity contribution in [1.29, 1.82) is 0 Å². The number of para-hydroxylation sites is 2. The molecule has 0 radical (unpaired) electrons. The van der Waals surface area contributed by atoms with Crippen molar-refractivity contribution in [1.82, 2.24) is 0 Å². The van der Waals surface area contributed by atoms with Gasteiger partial charge in [-0.25, -0.2) is 0 Å². The smallest absolute Gasteiger partial charge is 0.141 e. The fourth-order valence-electron chi connectivity index (χ4n) is 2.94. The van der Waals surface area contributed by atoms with Gasteiger partial charge in [0, 0.05) is 6.04 Å². The van der Waals surface area contributed by atoms with E-state index in [1.54, 1.807) is 7.11 Å². The van der Waals surface area contributed by atoms with Crippen molar-refractivity contribution >= 4 is 5.69 Å². The highest BCUT2D eigenvalue weighted by molar-refractivity contribution is 5.58. The zero-order valence-corrected chi connectivity index (χ0v) is 12.9. The number of hydrogen-bond donors (Lipinski definition) is 1. The Labute approximate surface area is 121 Å². The van der Waals surface area contributed by atoms with Crippen molar-refractivity contribution in [2.75, 3.05) is 12.4 Å². The maximum Gasteiger partial charge on any atom is 0.141 e. The Balaban J connectivity index is 2.31. The molecule has 1 N–H and O–H groups in total. The molecule has 106 valence electrons. The second-order valence-corrected chi connectivity index (χ2v) is 5.38. The van der Waals surface area contributed by atoms with Crippen molar-refractivity contribution in [3.63, 3.8) is 0 Å². The van der Waals surface area contributed by atoms with Gasteiger partial charge in [-0.15, -0.1) is 0 Å². The van der Waals surface area contributed by atoms with E-state index in [1.165, 1.54) is 22.3 Å². The van der Waals surface area contributed by atoms with E-state index in [-0.39, 0.29) is 6.04 Å². The molecule has 1 atom stereocenters. The van der Waals surface area contributed by atoms with Gasteiger partial charge in [0.1, 0.15) is 5.75 Å². The number of benzene rings is 2. The number of anilines is 1. The van der Waals surface area contributed by atoms with Crippen LogP contribution in [0.2, 0.25) is 0 Å². The molecule has 0 saturated carbocycles. The highest BCUT2D eigenvalue weighted by Crippen LogP contribution is 2.30. The first-order chi connectivity index (χ1) is 9.52. The molecule has 0 saturated heterocycles. The third-order valence-corrected chi connectivity index (χ3v) is 3.65. The molecule has 0 spiro atoms. The number of ether oxygens (including phenoxy) is 1. The Morgan fingerprint density at radius 2 is 1.60 bits per heavy atom. The predicted molar refractivity (Wildman–Crippen MR) is 85.7 cm³/mol. The molecule has 0 aliphatic rings. The molecule has 0 amide bonds. The minimum absolute atomic E-state index is 0.242. The van der Waals surface area contributed by atoms with Gasteiger partial charge in [0.2, 0.25) is 0 Å². The van der Waals surface area contributed by atoms with Crippen LogP contribution in [-0.4, -0.2) is 7.11 Å². The Morgan fingerprint density at radius 3 is 2.20 bits per heavy atom. The van der Waals surface area contributed by atoms with Crippen LogP contribution >= 0.6 is 0 Å². The number of nitrogens with one attached hydrogen (secondary N) is 1. The van der Waals surface area contributed by atoms with Crippen LogP contribution in [0.15, 0.2) is 36.4 Å². The molecule has 2 heteroatoms. The second kappa shape index (κ2) is 6.00. The monoisotopic (exact) mass is 269 g/mol. The minimum atomic E-state index is 0.242. The standard InChI is InChI=1S/C18H23NO/c1-12-10-13(2)18(14(3)11-12)15(4)19-16-8-6-7-9-17(16)20-5/h6-11,15,19H,1-5H3. The summed E-state index contributed by atoms with van der Waals surface area (Å²) in [5, 5.41) is 3.55. The van der Waals surface area contributed by atoms with Crippen LogP contribution in [0, 0.1) is 20.8 Å². The Kier molecular flexibility index (Phi) is 4.33. The first kappa shape index (κ1) is 14.4. The van der Waals surface area contributed by atoms with Gasteiger partial charge in [-0.05, 0) is 56.5 Å². The van der Waals surface area contributed by atoms with Gasteiger partial charge in [-0.1, -0.05) is 29.8 Å². The van der Waals surface area contributed by atoms with E-state index in [0.717, 1.165) is 11.4 Å². The summed E-state index contributed by atoms with van der Waals surface area (Å²) in [6.45, 7) is 8.69.